The quantitative estimate of drug-likeness (QED) is 0.692. The molecule has 2 aromatic rings. The third-order valence-corrected chi connectivity index (χ3v) is 3.26. The van der Waals surface area contributed by atoms with Crippen LogP contribution in [0.4, 0.5) is 10.1 Å². The van der Waals surface area contributed by atoms with Gasteiger partial charge in [0.05, 0.1) is 0 Å². The lowest BCUT2D eigenvalue weighted by atomic mass is 10.2. The first kappa shape index (κ1) is 8.51. The number of halogens is 1. The third kappa shape index (κ3) is 1.40. The summed E-state index contributed by atoms with van der Waals surface area (Å²) in [6.45, 7) is 1.54. The van der Waals surface area contributed by atoms with Crippen LogP contribution >= 0.6 is 11.3 Å². The van der Waals surface area contributed by atoms with Gasteiger partial charge in [0.1, 0.15) is 6.17 Å². The normalized spacial score (nSPS) is 13.4. The second-order valence-corrected chi connectivity index (χ2v) is 4.14. The summed E-state index contributed by atoms with van der Waals surface area (Å²) in [5.74, 6) is 0. The van der Waals surface area contributed by atoms with Gasteiger partial charge in [-0.2, -0.15) is 0 Å². The molecular formula is C10H10FNS. The molecule has 0 amide bonds. The van der Waals surface area contributed by atoms with E-state index in [1.807, 2.05) is 24.3 Å². The number of anilines is 1. The van der Waals surface area contributed by atoms with Crippen LogP contribution < -0.4 is 5.73 Å². The van der Waals surface area contributed by atoms with Crippen LogP contribution in [0.5, 0.6) is 0 Å². The fourth-order valence-electron chi connectivity index (χ4n) is 1.30. The summed E-state index contributed by atoms with van der Waals surface area (Å²) in [7, 11) is 0. The highest BCUT2D eigenvalue weighted by Crippen LogP contribution is 2.33. The maximum absolute atomic E-state index is 13.0. The highest BCUT2D eigenvalue weighted by molar-refractivity contribution is 7.19. The van der Waals surface area contributed by atoms with Gasteiger partial charge in [-0.15, -0.1) is 11.3 Å². The zero-order valence-corrected chi connectivity index (χ0v) is 8.07. The molecule has 68 valence electrons. The van der Waals surface area contributed by atoms with E-state index in [9.17, 15) is 4.39 Å². The third-order valence-electron chi connectivity index (χ3n) is 2.01. The van der Waals surface area contributed by atoms with Crippen LogP contribution in [0.25, 0.3) is 10.1 Å². The van der Waals surface area contributed by atoms with Gasteiger partial charge in [0.15, 0.2) is 0 Å². The molecule has 2 N–H and O–H groups in total. The largest absolute Gasteiger partial charge is 0.398 e. The number of benzene rings is 1. The Morgan fingerprint density at radius 1 is 1.46 bits per heavy atom. The first-order valence-corrected chi connectivity index (χ1v) is 4.92. The number of rotatable bonds is 1. The Morgan fingerprint density at radius 3 is 2.85 bits per heavy atom. The van der Waals surface area contributed by atoms with Gasteiger partial charge in [-0.25, -0.2) is 4.39 Å². The highest BCUT2D eigenvalue weighted by Gasteiger charge is 2.08. The van der Waals surface area contributed by atoms with Gasteiger partial charge in [-0.1, -0.05) is 6.07 Å². The minimum atomic E-state index is -0.906. The first-order valence-electron chi connectivity index (χ1n) is 4.10. The zero-order valence-electron chi connectivity index (χ0n) is 7.25. The molecule has 0 saturated heterocycles. The lowest BCUT2D eigenvalue weighted by molar-refractivity contribution is 0.380. The Labute approximate surface area is 80.0 Å². The lowest BCUT2D eigenvalue weighted by Gasteiger charge is -1.92. The Bertz CT molecular complexity index is 433. The van der Waals surface area contributed by atoms with Crippen molar-refractivity contribution in [1.82, 2.24) is 0 Å². The summed E-state index contributed by atoms with van der Waals surface area (Å²) in [5.41, 5.74) is 6.48. The minimum Gasteiger partial charge on any atom is -0.398 e. The predicted octanol–water partition coefficient (Wildman–Crippen LogP) is 3.51. The van der Waals surface area contributed by atoms with Crippen LogP contribution in [-0.4, -0.2) is 0 Å². The van der Waals surface area contributed by atoms with Crippen molar-refractivity contribution in [3.63, 3.8) is 0 Å². The Hall–Kier alpha value is -1.09. The molecule has 1 heterocycles. The van der Waals surface area contributed by atoms with Crippen molar-refractivity contribution in [3.8, 4) is 0 Å². The average molecular weight is 195 g/mol. The molecule has 1 aromatic carbocycles. The highest BCUT2D eigenvalue weighted by atomic mass is 32.1. The summed E-state index contributed by atoms with van der Waals surface area (Å²) in [4.78, 5) is 0.743. The number of hydrogen-bond donors (Lipinski definition) is 1. The van der Waals surface area contributed by atoms with Crippen LogP contribution in [0, 0.1) is 0 Å². The monoisotopic (exact) mass is 195 g/mol. The van der Waals surface area contributed by atoms with Crippen LogP contribution in [0.1, 0.15) is 18.0 Å². The van der Waals surface area contributed by atoms with Crippen LogP contribution in [-0.2, 0) is 0 Å². The summed E-state index contributed by atoms with van der Waals surface area (Å²) >= 11 is 1.46. The molecule has 0 aliphatic carbocycles. The molecule has 0 saturated carbocycles. The average Bonchev–Trinajstić information content (AvgIpc) is 2.49. The second-order valence-electron chi connectivity index (χ2n) is 3.02. The number of thiophene rings is 1. The summed E-state index contributed by atoms with van der Waals surface area (Å²) in [5, 5.41) is 0.965. The van der Waals surface area contributed by atoms with Gasteiger partial charge in [0, 0.05) is 20.7 Å². The number of hydrogen-bond acceptors (Lipinski definition) is 2. The van der Waals surface area contributed by atoms with Crippen LogP contribution in [0.3, 0.4) is 0 Å². The Morgan fingerprint density at radius 2 is 2.23 bits per heavy atom. The number of fused-ring (bicyclic) bond motifs is 1. The van der Waals surface area contributed by atoms with E-state index in [-0.39, 0.29) is 0 Å². The summed E-state index contributed by atoms with van der Waals surface area (Å²) < 4.78 is 14.0. The first-order chi connectivity index (χ1) is 6.18. The molecule has 2 rings (SSSR count). The second kappa shape index (κ2) is 3.00. The van der Waals surface area contributed by atoms with E-state index in [0.29, 0.717) is 0 Å². The summed E-state index contributed by atoms with van der Waals surface area (Å²) in [6.07, 6.45) is -0.906. The fraction of sp³-hybridized carbons (Fsp3) is 0.200. The van der Waals surface area contributed by atoms with Crippen molar-refractivity contribution < 1.29 is 4.39 Å². The zero-order chi connectivity index (χ0) is 9.42. The van der Waals surface area contributed by atoms with Crippen molar-refractivity contribution in [3.05, 3.63) is 29.1 Å². The molecule has 0 aliphatic rings. The molecule has 0 bridgehead atoms. The van der Waals surface area contributed by atoms with Crippen molar-refractivity contribution in [2.24, 2.45) is 0 Å². The predicted molar refractivity (Wildman–Crippen MR) is 55.8 cm³/mol. The molecule has 1 unspecified atom stereocenters. The van der Waals surface area contributed by atoms with E-state index in [0.717, 1.165) is 20.7 Å². The van der Waals surface area contributed by atoms with E-state index in [1.165, 1.54) is 11.3 Å². The molecule has 13 heavy (non-hydrogen) atoms. The number of nitrogen functional groups attached to an aromatic ring is 1. The van der Waals surface area contributed by atoms with Crippen molar-refractivity contribution in [1.29, 1.82) is 0 Å². The standard InChI is InChI=1S/C10H10FNS/c1-6(11)10-5-7-8(12)3-2-4-9(7)13-10/h2-6H,12H2,1H3. The van der Waals surface area contributed by atoms with E-state index < -0.39 is 6.17 Å². The molecule has 0 spiro atoms. The fourth-order valence-corrected chi connectivity index (χ4v) is 2.33. The molecule has 0 fully saturated rings. The van der Waals surface area contributed by atoms with Crippen LogP contribution in [0.2, 0.25) is 0 Å². The molecule has 1 nitrogen and oxygen atoms in total. The van der Waals surface area contributed by atoms with Crippen molar-refractivity contribution in [2.45, 2.75) is 13.1 Å². The topological polar surface area (TPSA) is 26.0 Å². The summed E-state index contributed by atoms with van der Waals surface area (Å²) in [6, 6.07) is 7.52. The molecular weight excluding hydrogens is 185 g/mol. The molecule has 1 atom stereocenters. The molecule has 1 aromatic heterocycles. The number of alkyl halides is 1. The van der Waals surface area contributed by atoms with Crippen molar-refractivity contribution >= 4 is 27.1 Å². The SMILES string of the molecule is CC(F)c1cc2c(N)cccc2s1. The molecule has 3 heteroatoms. The Balaban J connectivity index is 2.68. The van der Waals surface area contributed by atoms with Gasteiger partial charge >= 0.3 is 0 Å². The van der Waals surface area contributed by atoms with E-state index >= 15 is 0 Å². The van der Waals surface area contributed by atoms with E-state index in [4.69, 9.17) is 5.73 Å². The van der Waals surface area contributed by atoms with E-state index in [1.54, 1.807) is 6.92 Å². The maximum atomic E-state index is 13.0. The van der Waals surface area contributed by atoms with Gasteiger partial charge in [-0.05, 0) is 25.1 Å². The molecule has 0 radical (unpaired) electrons. The minimum absolute atomic E-state index is 0.723. The molecule has 0 aliphatic heterocycles. The Kier molecular flexibility index (Phi) is 1.96. The van der Waals surface area contributed by atoms with Crippen molar-refractivity contribution in [2.75, 3.05) is 5.73 Å². The van der Waals surface area contributed by atoms with Crippen LogP contribution in [0.15, 0.2) is 24.3 Å². The van der Waals surface area contributed by atoms with Gasteiger partial charge in [0.2, 0.25) is 0 Å². The number of nitrogens with two attached hydrogens (primary N) is 1. The lowest BCUT2D eigenvalue weighted by Crippen LogP contribution is -1.82. The van der Waals surface area contributed by atoms with E-state index in [2.05, 4.69) is 0 Å². The smallest absolute Gasteiger partial charge is 0.131 e. The van der Waals surface area contributed by atoms with Gasteiger partial charge in [0.25, 0.3) is 0 Å². The van der Waals surface area contributed by atoms with Gasteiger partial charge < -0.3 is 5.73 Å². The van der Waals surface area contributed by atoms with Gasteiger partial charge in [-0.3, -0.25) is 0 Å². The maximum Gasteiger partial charge on any atom is 0.131 e.